The first-order valence-corrected chi connectivity index (χ1v) is 17.3. The van der Waals surface area contributed by atoms with E-state index in [1.54, 1.807) is 10.8 Å². The second kappa shape index (κ2) is 21.8. The number of aromatic nitrogens is 3. The maximum Gasteiger partial charge on any atom is 0.354 e. The van der Waals surface area contributed by atoms with Gasteiger partial charge in [-0.2, -0.15) is 4.98 Å². The Morgan fingerprint density at radius 2 is 1.67 bits per heavy atom. The number of hydrogen-bond donors (Lipinski definition) is 5. The van der Waals surface area contributed by atoms with Crippen molar-refractivity contribution in [2.24, 2.45) is 22.2 Å². The van der Waals surface area contributed by atoms with Crippen molar-refractivity contribution in [3.63, 3.8) is 0 Å². The first-order valence-electron chi connectivity index (χ1n) is 15.7. The smallest absolute Gasteiger partial charge is 0.354 e. The summed E-state index contributed by atoms with van der Waals surface area (Å²) in [4.78, 5) is 24.3. The SMILES string of the molecule is CC.CC.Cc1cc(CCCCN)cc(S(C)=O)c1.Cc1cc2cn(-c3ccc(CNCCCN=C(N)N)cc3)c(=O)nc2[nH]1. The Kier molecular flexibility index (Phi) is 19.0. The molecule has 1 unspecified atom stereocenters. The number of guanidine groups is 1. The van der Waals surface area contributed by atoms with E-state index in [0.29, 0.717) is 12.2 Å². The number of nitrogens with zero attached hydrogens (tertiary/aromatic N) is 3. The number of fused-ring (bicyclic) bond motifs is 1. The highest BCUT2D eigenvalue weighted by molar-refractivity contribution is 7.84. The largest absolute Gasteiger partial charge is 0.370 e. The number of hydrogen-bond acceptors (Lipinski definition) is 6. The third-order valence-electron chi connectivity index (χ3n) is 6.35. The van der Waals surface area contributed by atoms with Gasteiger partial charge in [-0.05, 0) is 99.6 Å². The van der Waals surface area contributed by atoms with E-state index in [0.717, 1.165) is 72.5 Å². The molecule has 10 nitrogen and oxygen atoms in total. The molecule has 0 aliphatic rings. The van der Waals surface area contributed by atoms with Gasteiger partial charge < -0.3 is 27.5 Å². The molecule has 0 radical (unpaired) electrons. The molecule has 11 heteroatoms. The van der Waals surface area contributed by atoms with Gasteiger partial charge in [0.25, 0.3) is 0 Å². The second-order valence-electron chi connectivity index (χ2n) is 10.0. The van der Waals surface area contributed by atoms with Crippen molar-refractivity contribution in [2.45, 2.75) is 78.7 Å². The van der Waals surface area contributed by atoms with Crippen LogP contribution in [0.15, 0.2) is 69.4 Å². The lowest BCUT2D eigenvalue weighted by Gasteiger charge is -2.08. The maximum atomic E-state index is 12.2. The molecule has 4 aromatic rings. The van der Waals surface area contributed by atoms with Gasteiger partial charge in [0.15, 0.2) is 5.96 Å². The molecule has 45 heavy (non-hydrogen) atoms. The number of unbranched alkanes of at least 4 members (excludes halogenated alkanes) is 1. The number of rotatable bonds is 12. The van der Waals surface area contributed by atoms with E-state index in [1.807, 2.05) is 90.2 Å². The highest BCUT2D eigenvalue weighted by atomic mass is 32.2. The van der Waals surface area contributed by atoms with Gasteiger partial charge in [0.1, 0.15) is 5.65 Å². The van der Waals surface area contributed by atoms with E-state index in [1.165, 1.54) is 11.1 Å². The van der Waals surface area contributed by atoms with Gasteiger partial charge in [-0.15, -0.1) is 0 Å². The number of benzene rings is 2. The topological polar surface area (TPSA) is 170 Å². The van der Waals surface area contributed by atoms with Crippen molar-refractivity contribution >= 4 is 27.8 Å². The molecule has 0 saturated heterocycles. The van der Waals surface area contributed by atoms with E-state index in [9.17, 15) is 9.00 Å². The average molecular weight is 639 g/mol. The Morgan fingerprint density at radius 3 is 2.29 bits per heavy atom. The zero-order valence-electron chi connectivity index (χ0n) is 28.2. The standard InChI is InChI=1S/C18H23N7O.C12H19NOS.2C2H6/c1-12-9-14-11-25(18(26)24-16(14)23-12)15-5-3-13(4-6-15)10-21-7-2-8-22-17(19)20;1-10-7-11(5-3-4-6-13)9-12(8-10)15(2)14;2*1-2/h3-6,9,11,21H,2,7-8,10H2,1H3,(H4,19,20,22)(H,23,24,26);7-9H,3-6,13H2,1-2H3;2*1-2H3. The van der Waals surface area contributed by atoms with Crippen LogP contribution in [0.3, 0.4) is 0 Å². The number of nitrogens with one attached hydrogen (secondary N) is 2. The Labute approximate surface area is 271 Å². The summed E-state index contributed by atoms with van der Waals surface area (Å²) in [6, 6.07) is 16.0. The lowest BCUT2D eigenvalue weighted by atomic mass is 10.1. The Balaban J connectivity index is 0.000000455. The number of aliphatic imine (C=N–C) groups is 1. The molecule has 2 heterocycles. The van der Waals surface area contributed by atoms with Gasteiger partial charge >= 0.3 is 5.69 Å². The van der Waals surface area contributed by atoms with Crippen LogP contribution in [0.2, 0.25) is 0 Å². The molecular formula is C34H54N8O2S. The van der Waals surface area contributed by atoms with Crippen LogP contribution in [0.4, 0.5) is 0 Å². The lowest BCUT2D eigenvalue weighted by Crippen LogP contribution is -2.23. The molecule has 4 rings (SSSR count). The molecule has 0 saturated carbocycles. The Bertz CT molecular complexity index is 1520. The second-order valence-corrected chi connectivity index (χ2v) is 11.4. The molecule has 2 aromatic heterocycles. The van der Waals surface area contributed by atoms with Gasteiger partial charge in [-0.3, -0.25) is 13.8 Å². The van der Waals surface area contributed by atoms with Crippen LogP contribution in [0, 0.1) is 13.8 Å². The summed E-state index contributed by atoms with van der Waals surface area (Å²) in [6.07, 6.45) is 7.59. The van der Waals surface area contributed by atoms with E-state index in [4.69, 9.17) is 17.2 Å². The Hall–Kier alpha value is -3.80. The molecule has 2 aromatic carbocycles. The van der Waals surface area contributed by atoms with Gasteiger partial charge in [-0.1, -0.05) is 45.9 Å². The van der Waals surface area contributed by atoms with Gasteiger partial charge in [0.05, 0.1) is 5.69 Å². The third kappa shape index (κ3) is 14.2. The maximum absolute atomic E-state index is 12.2. The van der Waals surface area contributed by atoms with Crippen molar-refractivity contribution in [3.05, 3.63) is 87.6 Å². The average Bonchev–Trinajstić information content (AvgIpc) is 3.39. The number of H-pyrrole nitrogens is 1. The van der Waals surface area contributed by atoms with Crippen molar-refractivity contribution in [1.29, 1.82) is 0 Å². The molecule has 248 valence electrons. The highest BCUT2D eigenvalue weighted by Crippen LogP contribution is 2.15. The van der Waals surface area contributed by atoms with Crippen molar-refractivity contribution < 1.29 is 4.21 Å². The lowest BCUT2D eigenvalue weighted by molar-refractivity contribution is 0.655. The molecule has 0 aliphatic heterocycles. The molecule has 0 amide bonds. The van der Waals surface area contributed by atoms with Crippen molar-refractivity contribution in [3.8, 4) is 5.69 Å². The minimum Gasteiger partial charge on any atom is -0.370 e. The van der Waals surface area contributed by atoms with E-state index >= 15 is 0 Å². The van der Waals surface area contributed by atoms with Gasteiger partial charge in [0, 0.05) is 52.3 Å². The van der Waals surface area contributed by atoms with Crippen molar-refractivity contribution in [2.75, 3.05) is 25.9 Å². The first kappa shape index (κ1) is 39.2. The molecule has 8 N–H and O–H groups in total. The molecule has 0 fully saturated rings. The van der Waals surface area contributed by atoms with Crippen LogP contribution < -0.4 is 28.2 Å². The molecule has 1 atom stereocenters. The number of aryl methyl sites for hydroxylation is 3. The van der Waals surface area contributed by atoms with E-state index in [2.05, 4.69) is 26.3 Å². The van der Waals surface area contributed by atoms with Crippen molar-refractivity contribution in [1.82, 2.24) is 19.9 Å². The molecule has 0 bridgehead atoms. The predicted molar refractivity (Wildman–Crippen MR) is 192 cm³/mol. The summed E-state index contributed by atoms with van der Waals surface area (Å²) in [6.45, 7) is 14.9. The summed E-state index contributed by atoms with van der Waals surface area (Å²) in [5.74, 6) is 0.123. The molecular weight excluding hydrogens is 584 g/mol. The summed E-state index contributed by atoms with van der Waals surface area (Å²) in [5, 5.41) is 4.25. The fourth-order valence-electron chi connectivity index (χ4n) is 4.34. The normalized spacial score (nSPS) is 10.8. The monoisotopic (exact) mass is 638 g/mol. The highest BCUT2D eigenvalue weighted by Gasteiger charge is 2.06. The van der Waals surface area contributed by atoms with Crippen LogP contribution in [0.1, 0.15) is 69.3 Å². The minimum atomic E-state index is -0.882. The fourth-order valence-corrected chi connectivity index (χ4v) is 5.01. The number of aromatic amines is 1. The summed E-state index contributed by atoms with van der Waals surface area (Å²) < 4.78 is 12.9. The quantitative estimate of drug-likeness (QED) is 0.0840. The summed E-state index contributed by atoms with van der Waals surface area (Å²) in [7, 11) is -0.882. The number of nitrogens with two attached hydrogens (primary N) is 3. The van der Waals surface area contributed by atoms with Crippen LogP contribution in [0.5, 0.6) is 0 Å². The van der Waals surface area contributed by atoms with Crippen LogP contribution in [0.25, 0.3) is 16.7 Å². The van der Waals surface area contributed by atoms with E-state index in [-0.39, 0.29) is 11.6 Å². The van der Waals surface area contributed by atoms with Crippen LogP contribution in [-0.2, 0) is 23.8 Å². The molecule has 0 spiro atoms. The zero-order valence-corrected chi connectivity index (χ0v) is 29.0. The molecule has 0 aliphatic carbocycles. The van der Waals surface area contributed by atoms with Crippen LogP contribution in [-0.4, -0.2) is 50.6 Å². The van der Waals surface area contributed by atoms with Crippen LogP contribution >= 0.6 is 0 Å². The summed E-state index contributed by atoms with van der Waals surface area (Å²) >= 11 is 0. The van der Waals surface area contributed by atoms with Gasteiger partial charge in [-0.25, -0.2) is 4.79 Å². The minimum absolute atomic E-state index is 0.123. The third-order valence-corrected chi connectivity index (χ3v) is 7.25. The first-order chi connectivity index (χ1) is 21.7. The zero-order chi connectivity index (χ0) is 33.8. The van der Waals surface area contributed by atoms with E-state index < -0.39 is 10.8 Å². The van der Waals surface area contributed by atoms with Gasteiger partial charge in [0.2, 0.25) is 0 Å². The summed E-state index contributed by atoms with van der Waals surface area (Å²) in [5.41, 5.74) is 21.7. The Morgan fingerprint density at radius 1 is 0.978 bits per heavy atom. The fraction of sp³-hybridized carbons (Fsp3) is 0.441. The predicted octanol–water partition coefficient (Wildman–Crippen LogP) is 4.84.